The van der Waals surface area contributed by atoms with E-state index in [1.54, 1.807) is 6.92 Å². The number of nitrogens with zero attached hydrogens (tertiary/aromatic N) is 4. The first kappa shape index (κ1) is 18.2. The third-order valence-electron chi connectivity index (χ3n) is 5.20. The highest BCUT2D eigenvalue weighted by Gasteiger charge is 2.26. The lowest BCUT2D eigenvalue weighted by Crippen LogP contribution is -2.47. The van der Waals surface area contributed by atoms with Gasteiger partial charge in [0.15, 0.2) is 0 Å². The van der Waals surface area contributed by atoms with E-state index in [1.165, 1.54) is 22.5 Å². The molecule has 0 N–H and O–H groups in total. The Labute approximate surface area is 162 Å². The van der Waals surface area contributed by atoms with Gasteiger partial charge >= 0.3 is 5.97 Å². The van der Waals surface area contributed by atoms with Crippen LogP contribution in [0.25, 0.3) is 0 Å². The van der Waals surface area contributed by atoms with Gasteiger partial charge < -0.3 is 14.4 Å². The van der Waals surface area contributed by atoms with Crippen LogP contribution < -0.4 is 9.64 Å². The number of ether oxygens (including phenoxy) is 2. The van der Waals surface area contributed by atoms with Gasteiger partial charge in [-0.1, -0.05) is 23.5 Å². The van der Waals surface area contributed by atoms with Gasteiger partial charge in [-0.05, 0) is 31.0 Å². The van der Waals surface area contributed by atoms with Crippen molar-refractivity contribution in [3.8, 4) is 5.75 Å². The molecule has 1 saturated heterocycles. The summed E-state index contributed by atoms with van der Waals surface area (Å²) >= 11 is 1.30. The molecule has 0 saturated carbocycles. The van der Waals surface area contributed by atoms with Gasteiger partial charge in [-0.3, -0.25) is 4.90 Å². The maximum Gasteiger partial charge on any atom is 0.369 e. The summed E-state index contributed by atoms with van der Waals surface area (Å²) in [6, 6.07) is 6.95. The normalized spacial score (nSPS) is 18.1. The topological polar surface area (TPSA) is 67.8 Å². The molecule has 0 bridgehead atoms. The Morgan fingerprint density at radius 2 is 2.11 bits per heavy atom. The highest BCUT2D eigenvalue weighted by Crippen LogP contribution is 2.31. The molecular formula is C19H24N4O3S. The lowest BCUT2D eigenvalue weighted by atomic mass is 10.0. The molecule has 1 atom stereocenters. The molecule has 7 nitrogen and oxygen atoms in total. The van der Waals surface area contributed by atoms with Gasteiger partial charge in [0, 0.05) is 38.6 Å². The largest absolute Gasteiger partial charge is 0.493 e. The summed E-state index contributed by atoms with van der Waals surface area (Å²) in [4.78, 5) is 16.4. The summed E-state index contributed by atoms with van der Waals surface area (Å²) in [6.07, 6.45) is 1.01. The minimum Gasteiger partial charge on any atom is -0.493 e. The van der Waals surface area contributed by atoms with E-state index in [4.69, 9.17) is 9.47 Å². The van der Waals surface area contributed by atoms with Gasteiger partial charge in [-0.15, -0.1) is 10.2 Å². The molecule has 0 aliphatic carbocycles. The van der Waals surface area contributed by atoms with Crippen molar-refractivity contribution in [1.29, 1.82) is 0 Å². The van der Waals surface area contributed by atoms with E-state index < -0.39 is 5.97 Å². The van der Waals surface area contributed by atoms with Crippen molar-refractivity contribution in [1.82, 2.24) is 15.1 Å². The molecule has 1 aromatic heterocycles. The Bertz CT molecular complexity index is 817. The minimum atomic E-state index is -0.396. The number of aromatic nitrogens is 2. The number of carbonyl (C=O) groups excluding carboxylic acids is 1. The van der Waals surface area contributed by atoms with Crippen LogP contribution in [0.4, 0.5) is 5.13 Å². The Morgan fingerprint density at radius 1 is 1.30 bits per heavy atom. The summed E-state index contributed by atoms with van der Waals surface area (Å²) in [6.45, 7) is 8.77. The van der Waals surface area contributed by atoms with Gasteiger partial charge in [0.2, 0.25) is 10.1 Å². The first-order valence-electron chi connectivity index (χ1n) is 9.41. The van der Waals surface area contributed by atoms with Crippen molar-refractivity contribution in [2.24, 2.45) is 0 Å². The number of rotatable bonds is 5. The monoisotopic (exact) mass is 388 g/mol. The fourth-order valence-electron chi connectivity index (χ4n) is 3.57. The number of fused-ring (bicyclic) bond motifs is 1. The molecule has 2 aliphatic heterocycles. The Hall–Kier alpha value is -2.19. The molecular weight excluding hydrogens is 364 g/mol. The fraction of sp³-hybridized carbons (Fsp3) is 0.526. The maximum atomic E-state index is 11.8. The molecule has 2 aromatic rings. The highest BCUT2D eigenvalue weighted by molar-refractivity contribution is 7.17. The van der Waals surface area contributed by atoms with Crippen LogP contribution in [0.2, 0.25) is 0 Å². The Kier molecular flexibility index (Phi) is 5.27. The smallest absolute Gasteiger partial charge is 0.369 e. The van der Waals surface area contributed by atoms with Gasteiger partial charge in [-0.25, -0.2) is 4.79 Å². The zero-order chi connectivity index (χ0) is 18.8. The average Bonchev–Trinajstić information content (AvgIpc) is 3.36. The number of anilines is 1. The fourth-order valence-corrected chi connectivity index (χ4v) is 4.36. The van der Waals surface area contributed by atoms with E-state index in [9.17, 15) is 4.79 Å². The number of benzene rings is 1. The standard InChI is InChI=1S/C19H24N4O3S/c1-3-25-18(24)17-20-21-19(27-17)23-9-7-22(8-10-23)13(2)15-5-4-14-6-11-26-16(14)12-15/h4-5,12-13H,3,6-11H2,1-2H3. The molecule has 8 heteroatoms. The van der Waals surface area contributed by atoms with Gasteiger partial charge in [0.1, 0.15) is 5.75 Å². The molecule has 4 rings (SSSR count). The van der Waals surface area contributed by atoms with E-state index in [0.717, 1.165) is 50.1 Å². The van der Waals surface area contributed by atoms with Gasteiger partial charge in [-0.2, -0.15) is 0 Å². The molecule has 1 unspecified atom stereocenters. The van der Waals surface area contributed by atoms with Gasteiger partial charge in [0.05, 0.1) is 13.2 Å². The second kappa shape index (κ2) is 7.82. The Balaban J connectivity index is 1.36. The molecule has 0 radical (unpaired) electrons. The van der Waals surface area contributed by atoms with Crippen LogP contribution in [-0.4, -0.2) is 60.5 Å². The predicted molar refractivity (Wildman–Crippen MR) is 104 cm³/mol. The third kappa shape index (κ3) is 3.77. The van der Waals surface area contributed by atoms with Gasteiger partial charge in [0.25, 0.3) is 0 Å². The van der Waals surface area contributed by atoms with E-state index in [0.29, 0.717) is 17.7 Å². The predicted octanol–water partition coefficient (Wildman–Crippen LogP) is 2.53. The molecule has 1 aromatic carbocycles. The molecule has 1 fully saturated rings. The van der Waals surface area contributed by atoms with Crippen molar-refractivity contribution in [3.63, 3.8) is 0 Å². The van der Waals surface area contributed by atoms with Crippen molar-refractivity contribution in [2.75, 3.05) is 44.3 Å². The number of hydrogen-bond donors (Lipinski definition) is 0. The van der Waals surface area contributed by atoms with E-state index in [1.807, 2.05) is 0 Å². The van der Waals surface area contributed by atoms with Crippen LogP contribution in [-0.2, 0) is 11.2 Å². The SMILES string of the molecule is CCOC(=O)c1nnc(N2CCN(C(C)c3ccc4c(c3)OCC4)CC2)s1. The van der Waals surface area contributed by atoms with Crippen LogP contribution in [0.5, 0.6) is 5.75 Å². The maximum absolute atomic E-state index is 11.8. The summed E-state index contributed by atoms with van der Waals surface area (Å²) in [5.74, 6) is 0.644. The van der Waals surface area contributed by atoms with Crippen LogP contribution in [0.1, 0.15) is 40.8 Å². The molecule has 0 amide bonds. The van der Waals surface area contributed by atoms with Crippen LogP contribution >= 0.6 is 11.3 Å². The third-order valence-corrected chi connectivity index (χ3v) is 6.16. The van der Waals surface area contributed by atoms with E-state index >= 15 is 0 Å². The number of hydrogen-bond acceptors (Lipinski definition) is 8. The number of carbonyl (C=O) groups is 1. The van der Waals surface area contributed by atoms with Crippen LogP contribution in [0, 0.1) is 0 Å². The second-order valence-electron chi connectivity index (χ2n) is 6.77. The highest BCUT2D eigenvalue weighted by atomic mass is 32.1. The minimum absolute atomic E-state index is 0.320. The van der Waals surface area contributed by atoms with Crippen molar-refractivity contribution >= 4 is 22.4 Å². The van der Waals surface area contributed by atoms with Crippen LogP contribution in [0.15, 0.2) is 18.2 Å². The lowest BCUT2D eigenvalue weighted by molar-refractivity contribution is 0.0525. The zero-order valence-corrected chi connectivity index (χ0v) is 16.5. The number of esters is 1. The molecule has 144 valence electrons. The van der Waals surface area contributed by atoms with E-state index in [-0.39, 0.29) is 0 Å². The summed E-state index contributed by atoms with van der Waals surface area (Å²) in [5.41, 5.74) is 2.61. The molecule has 27 heavy (non-hydrogen) atoms. The molecule has 3 heterocycles. The first-order chi connectivity index (χ1) is 13.2. The number of piperazine rings is 1. The summed E-state index contributed by atoms with van der Waals surface area (Å²) < 4.78 is 10.7. The zero-order valence-electron chi connectivity index (χ0n) is 15.7. The van der Waals surface area contributed by atoms with Crippen LogP contribution in [0.3, 0.4) is 0 Å². The molecule has 0 spiro atoms. The average molecular weight is 388 g/mol. The summed E-state index contributed by atoms with van der Waals surface area (Å²) in [7, 11) is 0. The first-order valence-corrected chi connectivity index (χ1v) is 10.2. The quantitative estimate of drug-likeness (QED) is 0.729. The second-order valence-corrected chi connectivity index (χ2v) is 7.73. The van der Waals surface area contributed by atoms with Crippen molar-refractivity contribution in [3.05, 3.63) is 34.3 Å². The van der Waals surface area contributed by atoms with Crippen molar-refractivity contribution < 1.29 is 14.3 Å². The lowest BCUT2D eigenvalue weighted by Gasteiger charge is -2.38. The Morgan fingerprint density at radius 3 is 2.89 bits per heavy atom. The van der Waals surface area contributed by atoms with E-state index in [2.05, 4.69) is 45.1 Å². The van der Waals surface area contributed by atoms with Crippen molar-refractivity contribution in [2.45, 2.75) is 26.3 Å². The summed E-state index contributed by atoms with van der Waals surface area (Å²) in [5, 5.41) is 9.25. The molecule has 2 aliphatic rings.